The van der Waals surface area contributed by atoms with Gasteiger partial charge in [-0.15, -0.1) is 0 Å². The molecule has 2 nitrogen and oxygen atoms in total. The van der Waals surface area contributed by atoms with Gasteiger partial charge in [-0.25, -0.2) is 8.78 Å². The summed E-state index contributed by atoms with van der Waals surface area (Å²) in [6.45, 7) is 3.59. The number of allylic oxidation sites excluding steroid dienone is 2. The van der Waals surface area contributed by atoms with E-state index in [4.69, 9.17) is 0 Å². The van der Waals surface area contributed by atoms with Crippen LogP contribution in [-0.2, 0) is 19.4 Å². The van der Waals surface area contributed by atoms with E-state index in [9.17, 15) is 13.6 Å². The minimum absolute atomic E-state index is 0.0276. The molecule has 1 unspecified atom stereocenters. The Hall–Kier alpha value is -2.49. The Balaban J connectivity index is 1.73. The number of carbonyl (C=O) groups excluding carboxylic acids is 1. The molecule has 0 aliphatic heterocycles. The number of hydrogen-bond donors (Lipinski definition) is 1. The number of benzene rings is 2. The van der Waals surface area contributed by atoms with Crippen molar-refractivity contribution in [3.8, 4) is 0 Å². The first kappa shape index (κ1) is 17.3. The number of fused-ring (bicyclic) bond motifs is 1. The van der Waals surface area contributed by atoms with E-state index in [1.54, 1.807) is 6.07 Å². The highest BCUT2D eigenvalue weighted by Crippen LogP contribution is 2.21. The second kappa shape index (κ2) is 7.18. The van der Waals surface area contributed by atoms with E-state index in [1.807, 2.05) is 12.1 Å². The lowest BCUT2D eigenvalue weighted by atomic mass is 9.96. The lowest BCUT2D eigenvalue weighted by Crippen LogP contribution is -2.23. The Morgan fingerprint density at radius 1 is 1.20 bits per heavy atom. The third-order valence-corrected chi connectivity index (χ3v) is 4.65. The maximum atomic E-state index is 14.0. The van der Waals surface area contributed by atoms with Gasteiger partial charge in [0.25, 0.3) is 5.91 Å². The molecule has 0 fully saturated rings. The van der Waals surface area contributed by atoms with Crippen LogP contribution < -0.4 is 5.32 Å². The number of amides is 1. The summed E-state index contributed by atoms with van der Waals surface area (Å²) in [7, 11) is 0. The number of carbonyl (C=O) groups is 1. The van der Waals surface area contributed by atoms with Crippen molar-refractivity contribution in [2.75, 3.05) is 0 Å². The number of nitrogens with one attached hydrogen (secondary N) is 1. The molecule has 0 spiro atoms. The first-order valence-corrected chi connectivity index (χ1v) is 8.46. The summed E-state index contributed by atoms with van der Waals surface area (Å²) in [5.74, 6) is -0.960. The smallest absolute Gasteiger partial charge is 0.251 e. The second-order valence-corrected chi connectivity index (χ2v) is 6.63. The molecule has 2 aromatic rings. The van der Waals surface area contributed by atoms with Gasteiger partial charge in [0.15, 0.2) is 0 Å². The fourth-order valence-corrected chi connectivity index (χ4v) is 3.13. The highest BCUT2D eigenvalue weighted by atomic mass is 19.1. The predicted molar refractivity (Wildman–Crippen MR) is 94.4 cm³/mol. The van der Waals surface area contributed by atoms with Crippen LogP contribution in [0.1, 0.15) is 39.5 Å². The molecule has 1 aliphatic carbocycles. The molecule has 1 amide bonds. The van der Waals surface area contributed by atoms with Crippen LogP contribution in [0.15, 0.2) is 42.5 Å². The van der Waals surface area contributed by atoms with Crippen molar-refractivity contribution in [1.82, 2.24) is 5.32 Å². The van der Waals surface area contributed by atoms with E-state index in [-0.39, 0.29) is 23.6 Å². The number of halogens is 2. The third kappa shape index (κ3) is 3.78. The molecule has 0 saturated carbocycles. The monoisotopic (exact) mass is 341 g/mol. The SMILES string of the molecule is Cc1c(F)ccc(CNC(=O)c2ccc3c(c2)CC=CC(C)C3)c1F. The minimum atomic E-state index is -0.610. The third-order valence-electron chi connectivity index (χ3n) is 4.65. The van der Waals surface area contributed by atoms with Crippen molar-refractivity contribution in [3.05, 3.63) is 81.9 Å². The van der Waals surface area contributed by atoms with Gasteiger partial charge in [0, 0.05) is 23.2 Å². The van der Waals surface area contributed by atoms with Crippen LogP contribution in [0.2, 0.25) is 0 Å². The largest absolute Gasteiger partial charge is 0.348 e. The fourth-order valence-electron chi connectivity index (χ4n) is 3.13. The topological polar surface area (TPSA) is 29.1 Å². The standard InChI is InChI=1S/C21H21F2NO/c1-13-4-3-5-15-11-17(7-6-16(15)10-13)21(25)24-12-18-8-9-19(22)14(2)20(18)23/h3-4,6-9,11,13H,5,10,12H2,1-2H3,(H,24,25). The maximum absolute atomic E-state index is 14.0. The van der Waals surface area contributed by atoms with Gasteiger partial charge < -0.3 is 5.32 Å². The van der Waals surface area contributed by atoms with Crippen LogP contribution in [0.3, 0.4) is 0 Å². The first-order chi connectivity index (χ1) is 12.0. The molecule has 0 aromatic heterocycles. The van der Waals surface area contributed by atoms with Crippen LogP contribution in [-0.4, -0.2) is 5.91 Å². The Morgan fingerprint density at radius 3 is 2.80 bits per heavy atom. The summed E-state index contributed by atoms with van der Waals surface area (Å²) in [5.41, 5.74) is 3.21. The summed E-state index contributed by atoms with van der Waals surface area (Å²) < 4.78 is 27.3. The second-order valence-electron chi connectivity index (χ2n) is 6.63. The van der Waals surface area contributed by atoms with Gasteiger partial charge in [0.05, 0.1) is 0 Å². The molecule has 1 atom stereocenters. The van der Waals surface area contributed by atoms with Crippen LogP contribution >= 0.6 is 0 Å². The summed E-state index contributed by atoms with van der Waals surface area (Å²) in [5, 5.41) is 2.71. The van der Waals surface area contributed by atoms with E-state index < -0.39 is 11.6 Å². The van der Waals surface area contributed by atoms with Crippen LogP contribution in [0.25, 0.3) is 0 Å². The molecule has 0 radical (unpaired) electrons. The average Bonchev–Trinajstić information content (AvgIpc) is 2.78. The molecule has 0 bridgehead atoms. The van der Waals surface area contributed by atoms with Gasteiger partial charge in [0.2, 0.25) is 0 Å². The van der Waals surface area contributed by atoms with Crippen molar-refractivity contribution in [3.63, 3.8) is 0 Å². The maximum Gasteiger partial charge on any atom is 0.251 e. The molecule has 1 aliphatic rings. The summed E-state index contributed by atoms with van der Waals surface area (Å²) in [6, 6.07) is 8.28. The molecule has 130 valence electrons. The van der Waals surface area contributed by atoms with E-state index in [0.29, 0.717) is 11.5 Å². The minimum Gasteiger partial charge on any atom is -0.348 e. The Labute approximate surface area is 146 Å². The molecule has 4 heteroatoms. The summed E-state index contributed by atoms with van der Waals surface area (Å²) >= 11 is 0. The Bertz CT molecular complexity index is 842. The van der Waals surface area contributed by atoms with Gasteiger partial charge >= 0.3 is 0 Å². The van der Waals surface area contributed by atoms with E-state index in [1.165, 1.54) is 24.6 Å². The molecule has 0 saturated heterocycles. The van der Waals surface area contributed by atoms with E-state index in [2.05, 4.69) is 24.4 Å². The fraction of sp³-hybridized carbons (Fsp3) is 0.286. The quantitative estimate of drug-likeness (QED) is 0.819. The summed E-state index contributed by atoms with van der Waals surface area (Å²) in [4.78, 5) is 12.4. The van der Waals surface area contributed by atoms with E-state index in [0.717, 1.165) is 18.4 Å². The van der Waals surface area contributed by atoms with Gasteiger partial charge in [-0.2, -0.15) is 0 Å². The molecular formula is C21H21F2NO. The van der Waals surface area contributed by atoms with Crippen LogP contribution in [0.4, 0.5) is 8.78 Å². The van der Waals surface area contributed by atoms with Crippen LogP contribution in [0.5, 0.6) is 0 Å². The van der Waals surface area contributed by atoms with Crippen LogP contribution in [0, 0.1) is 24.5 Å². The molecular weight excluding hydrogens is 320 g/mol. The zero-order chi connectivity index (χ0) is 18.0. The average molecular weight is 341 g/mol. The van der Waals surface area contributed by atoms with E-state index >= 15 is 0 Å². The van der Waals surface area contributed by atoms with Crippen molar-refractivity contribution >= 4 is 5.91 Å². The molecule has 0 heterocycles. The molecule has 3 rings (SSSR count). The highest BCUT2D eigenvalue weighted by molar-refractivity contribution is 5.94. The van der Waals surface area contributed by atoms with Gasteiger partial charge in [-0.05, 0) is 55.0 Å². The lowest BCUT2D eigenvalue weighted by molar-refractivity contribution is 0.0950. The number of rotatable bonds is 3. The van der Waals surface area contributed by atoms with Crippen molar-refractivity contribution in [1.29, 1.82) is 0 Å². The van der Waals surface area contributed by atoms with Gasteiger partial charge in [-0.1, -0.05) is 31.2 Å². The van der Waals surface area contributed by atoms with Gasteiger partial charge in [-0.3, -0.25) is 4.79 Å². The Morgan fingerprint density at radius 2 is 2.00 bits per heavy atom. The zero-order valence-corrected chi connectivity index (χ0v) is 14.4. The van der Waals surface area contributed by atoms with Crippen molar-refractivity contribution in [2.45, 2.75) is 33.2 Å². The summed E-state index contributed by atoms with van der Waals surface area (Å²) in [6.07, 6.45) is 6.11. The normalized spacial score (nSPS) is 16.2. The van der Waals surface area contributed by atoms with Crippen molar-refractivity contribution < 1.29 is 13.6 Å². The molecule has 2 aromatic carbocycles. The highest BCUT2D eigenvalue weighted by Gasteiger charge is 2.14. The zero-order valence-electron chi connectivity index (χ0n) is 14.4. The number of hydrogen-bond acceptors (Lipinski definition) is 1. The van der Waals surface area contributed by atoms with Crippen molar-refractivity contribution in [2.24, 2.45) is 5.92 Å². The lowest BCUT2D eigenvalue weighted by Gasteiger charge is -2.12. The molecule has 1 N–H and O–H groups in total. The predicted octanol–water partition coefficient (Wildman–Crippen LogP) is 4.49. The Kier molecular flexibility index (Phi) is 4.98. The first-order valence-electron chi connectivity index (χ1n) is 8.46. The van der Waals surface area contributed by atoms with Gasteiger partial charge in [0.1, 0.15) is 11.6 Å². The molecule has 25 heavy (non-hydrogen) atoms.